The minimum atomic E-state index is -1.13. The van der Waals surface area contributed by atoms with E-state index in [4.69, 9.17) is 5.11 Å². The highest BCUT2D eigenvalue weighted by molar-refractivity contribution is 5.64. The zero-order chi connectivity index (χ0) is 12.5. The number of β-amino-alcohol motifs (C(OH)–C–C–N with tert-alkyl or cyclic N) is 2. The summed E-state index contributed by atoms with van der Waals surface area (Å²) in [5.74, 6) is 0. The molecule has 2 aliphatic rings. The van der Waals surface area contributed by atoms with Gasteiger partial charge in [-0.3, -0.25) is 4.90 Å². The topological polar surface area (TPSA) is 93.0 Å². The third kappa shape index (κ3) is 3.08. The highest BCUT2D eigenvalue weighted by atomic mass is 16.4. The van der Waals surface area contributed by atoms with Crippen LogP contribution in [-0.4, -0.2) is 64.7 Å². The van der Waals surface area contributed by atoms with Gasteiger partial charge in [-0.1, -0.05) is 0 Å². The van der Waals surface area contributed by atoms with E-state index >= 15 is 0 Å². The lowest BCUT2D eigenvalue weighted by Crippen LogP contribution is -2.49. The lowest BCUT2D eigenvalue weighted by Gasteiger charge is -2.37. The van der Waals surface area contributed by atoms with Crippen LogP contribution in [0.4, 0.5) is 4.79 Å². The molecule has 6 heteroatoms. The van der Waals surface area contributed by atoms with Crippen LogP contribution in [-0.2, 0) is 0 Å². The normalized spacial score (nSPS) is 28.9. The number of likely N-dealkylation sites (tertiary alicyclic amines) is 1. The van der Waals surface area contributed by atoms with Crippen LogP contribution >= 0.6 is 0 Å². The van der Waals surface area contributed by atoms with Crippen molar-refractivity contribution in [3.63, 3.8) is 0 Å². The van der Waals surface area contributed by atoms with E-state index in [9.17, 15) is 15.0 Å². The van der Waals surface area contributed by atoms with Crippen molar-refractivity contribution >= 4 is 6.09 Å². The standard InChI is InChI=1S/C11H20N2O4/c14-8(5-12-10(16)17)6-13-4-3-11(1-2-11)9(15)7-13/h8-9,12,14-15H,1-7H2,(H,16,17)/t8-,9-/m1/s1. The van der Waals surface area contributed by atoms with Crippen molar-refractivity contribution in [3.05, 3.63) is 0 Å². The lowest BCUT2D eigenvalue weighted by molar-refractivity contribution is -0.00752. The van der Waals surface area contributed by atoms with Crippen molar-refractivity contribution in [2.45, 2.75) is 31.5 Å². The summed E-state index contributed by atoms with van der Waals surface area (Å²) in [5, 5.41) is 30.2. The fourth-order valence-electron chi connectivity index (χ4n) is 2.55. The molecule has 1 amide bonds. The molecule has 0 radical (unpaired) electrons. The van der Waals surface area contributed by atoms with Crippen LogP contribution in [0.5, 0.6) is 0 Å². The molecule has 98 valence electrons. The number of rotatable bonds is 4. The first-order valence-corrected chi connectivity index (χ1v) is 6.07. The van der Waals surface area contributed by atoms with Crippen LogP contribution in [0.2, 0.25) is 0 Å². The van der Waals surface area contributed by atoms with Gasteiger partial charge in [0.1, 0.15) is 0 Å². The van der Waals surface area contributed by atoms with Crippen molar-refractivity contribution in [1.82, 2.24) is 10.2 Å². The first-order chi connectivity index (χ1) is 8.02. The van der Waals surface area contributed by atoms with Crippen LogP contribution in [0, 0.1) is 5.41 Å². The molecule has 1 saturated heterocycles. The Balaban J connectivity index is 1.71. The van der Waals surface area contributed by atoms with Gasteiger partial charge in [0.2, 0.25) is 0 Å². The monoisotopic (exact) mass is 244 g/mol. The summed E-state index contributed by atoms with van der Waals surface area (Å²) in [6.45, 7) is 1.91. The first-order valence-electron chi connectivity index (χ1n) is 6.07. The minimum Gasteiger partial charge on any atom is -0.465 e. The molecule has 2 fully saturated rings. The van der Waals surface area contributed by atoms with Gasteiger partial charge in [-0.25, -0.2) is 4.79 Å². The van der Waals surface area contributed by atoms with Crippen molar-refractivity contribution < 1.29 is 20.1 Å². The average molecular weight is 244 g/mol. The lowest BCUT2D eigenvalue weighted by atomic mass is 9.90. The maximum absolute atomic E-state index is 10.3. The first kappa shape index (κ1) is 12.6. The number of hydrogen-bond acceptors (Lipinski definition) is 4. The Morgan fingerprint density at radius 1 is 1.47 bits per heavy atom. The zero-order valence-corrected chi connectivity index (χ0v) is 9.80. The molecule has 1 aliphatic heterocycles. The molecule has 0 bridgehead atoms. The highest BCUT2D eigenvalue weighted by Gasteiger charge is 2.51. The molecule has 0 aromatic carbocycles. The van der Waals surface area contributed by atoms with Gasteiger partial charge in [0.25, 0.3) is 0 Å². The van der Waals surface area contributed by atoms with Crippen molar-refractivity contribution in [3.8, 4) is 0 Å². The van der Waals surface area contributed by atoms with Gasteiger partial charge in [0.15, 0.2) is 0 Å². The number of amides is 1. The summed E-state index contributed by atoms with van der Waals surface area (Å²) < 4.78 is 0. The molecular weight excluding hydrogens is 224 g/mol. The van der Waals surface area contributed by atoms with Gasteiger partial charge in [-0.05, 0) is 31.2 Å². The summed E-state index contributed by atoms with van der Waals surface area (Å²) >= 11 is 0. The molecule has 6 nitrogen and oxygen atoms in total. The molecule has 4 N–H and O–H groups in total. The second kappa shape index (κ2) is 4.80. The number of carbonyl (C=O) groups is 1. The molecular formula is C11H20N2O4. The van der Waals surface area contributed by atoms with Crippen LogP contribution in [0.25, 0.3) is 0 Å². The molecule has 1 aliphatic carbocycles. The molecule has 0 unspecified atom stereocenters. The molecule has 0 aromatic rings. The fraction of sp³-hybridized carbons (Fsp3) is 0.909. The summed E-state index contributed by atoms with van der Waals surface area (Å²) in [6, 6.07) is 0. The van der Waals surface area contributed by atoms with Gasteiger partial charge in [0, 0.05) is 19.6 Å². The number of aliphatic hydroxyl groups is 2. The Morgan fingerprint density at radius 2 is 2.18 bits per heavy atom. The molecule has 1 saturated carbocycles. The SMILES string of the molecule is O=C(O)NC[C@@H](O)CN1CCC2(CC2)[C@H](O)C1. The van der Waals surface area contributed by atoms with Crippen molar-refractivity contribution in [2.24, 2.45) is 5.41 Å². The van der Waals surface area contributed by atoms with E-state index in [0.717, 1.165) is 25.8 Å². The van der Waals surface area contributed by atoms with Gasteiger partial charge >= 0.3 is 6.09 Å². The maximum Gasteiger partial charge on any atom is 0.404 e. The van der Waals surface area contributed by atoms with E-state index in [0.29, 0.717) is 13.1 Å². The molecule has 0 aromatic heterocycles. The van der Waals surface area contributed by atoms with E-state index in [2.05, 4.69) is 5.32 Å². The second-order valence-corrected chi connectivity index (χ2v) is 5.23. The number of nitrogens with zero attached hydrogens (tertiary/aromatic N) is 1. The Bertz CT molecular complexity index is 293. The molecule has 1 heterocycles. The molecule has 2 atom stereocenters. The molecule has 1 spiro atoms. The van der Waals surface area contributed by atoms with Gasteiger partial charge in [-0.15, -0.1) is 0 Å². The van der Waals surface area contributed by atoms with Crippen LogP contribution < -0.4 is 5.32 Å². The van der Waals surface area contributed by atoms with E-state index in [-0.39, 0.29) is 18.1 Å². The van der Waals surface area contributed by atoms with Crippen molar-refractivity contribution in [2.75, 3.05) is 26.2 Å². The minimum absolute atomic E-state index is 0.0348. The zero-order valence-electron chi connectivity index (χ0n) is 9.80. The largest absolute Gasteiger partial charge is 0.465 e. The van der Waals surface area contributed by atoms with Crippen LogP contribution in [0.3, 0.4) is 0 Å². The number of hydrogen-bond donors (Lipinski definition) is 4. The Labute approximate surface area is 100 Å². The van der Waals surface area contributed by atoms with E-state index in [1.54, 1.807) is 0 Å². The van der Waals surface area contributed by atoms with E-state index < -0.39 is 12.2 Å². The van der Waals surface area contributed by atoms with Gasteiger partial charge in [-0.2, -0.15) is 0 Å². The van der Waals surface area contributed by atoms with Gasteiger partial charge in [0.05, 0.1) is 12.2 Å². The fourth-order valence-corrected chi connectivity index (χ4v) is 2.55. The van der Waals surface area contributed by atoms with Crippen molar-refractivity contribution in [1.29, 1.82) is 0 Å². The number of carboxylic acid groups (broad SMARTS) is 1. The third-order valence-corrected chi connectivity index (χ3v) is 3.91. The Hall–Kier alpha value is -0.850. The predicted molar refractivity (Wildman–Crippen MR) is 60.8 cm³/mol. The second-order valence-electron chi connectivity index (χ2n) is 5.23. The van der Waals surface area contributed by atoms with Crippen LogP contribution in [0.1, 0.15) is 19.3 Å². The predicted octanol–water partition coefficient (Wildman–Crippen LogP) is -0.538. The summed E-state index contributed by atoms with van der Waals surface area (Å²) in [4.78, 5) is 12.3. The Morgan fingerprint density at radius 3 is 2.71 bits per heavy atom. The molecule has 17 heavy (non-hydrogen) atoms. The summed E-state index contributed by atoms with van der Waals surface area (Å²) in [7, 11) is 0. The quantitative estimate of drug-likeness (QED) is 0.533. The average Bonchev–Trinajstić information content (AvgIpc) is 3.02. The van der Waals surface area contributed by atoms with E-state index in [1.165, 1.54) is 0 Å². The summed E-state index contributed by atoms with van der Waals surface area (Å²) in [6.07, 6.45) is 1.07. The highest BCUT2D eigenvalue weighted by Crippen LogP contribution is 2.53. The molecule has 2 rings (SSSR count). The number of aliphatic hydroxyl groups excluding tert-OH is 2. The smallest absolute Gasteiger partial charge is 0.404 e. The maximum atomic E-state index is 10.3. The van der Waals surface area contributed by atoms with Crippen LogP contribution in [0.15, 0.2) is 0 Å². The van der Waals surface area contributed by atoms with Gasteiger partial charge < -0.3 is 20.6 Å². The number of piperidine rings is 1. The third-order valence-electron chi connectivity index (χ3n) is 3.91. The Kier molecular flexibility index (Phi) is 3.56. The van der Waals surface area contributed by atoms with E-state index in [1.807, 2.05) is 4.90 Å². The summed E-state index contributed by atoms with van der Waals surface area (Å²) in [5.41, 5.74) is 0.167. The number of nitrogens with one attached hydrogen (secondary N) is 1.